The van der Waals surface area contributed by atoms with Gasteiger partial charge in [0.25, 0.3) is 11.9 Å². The van der Waals surface area contributed by atoms with E-state index in [2.05, 4.69) is 32.8 Å². The molecule has 2 aromatic carbocycles. The minimum Gasteiger partial charge on any atom is -0.497 e. The van der Waals surface area contributed by atoms with Crippen molar-refractivity contribution in [2.45, 2.75) is 18.5 Å². The van der Waals surface area contributed by atoms with Gasteiger partial charge < -0.3 is 10.1 Å². The Labute approximate surface area is 183 Å². The van der Waals surface area contributed by atoms with E-state index in [4.69, 9.17) is 4.74 Å². The molecule has 0 saturated heterocycles. The fraction of sp³-hybridized carbons (Fsp3) is 0.174. The van der Waals surface area contributed by atoms with Crippen LogP contribution >= 0.6 is 11.3 Å². The molecule has 4 aromatic rings. The van der Waals surface area contributed by atoms with Gasteiger partial charge in [0.1, 0.15) is 5.75 Å². The Bertz CT molecular complexity index is 1170. The van der Waals surface area contributed by atoms with Gasteiger partial charge in [-0.3, -0.25) is 10.1 Å². The molecule has 31 heavy (non-hydrogen) atoms. The molecular weight excluding hydrogens is 410 g/mol. The fourth-order valence-corrected chi connectivity index (χ4v) is 4.43. The molecule has 2 atom stereocenters. The number of ether oxygens (including phenoxy) is 1. The Balaban J connectivity index is 1.49. The van der Waals surface area contributed by atoms with Gasteiger partial charge in [-0.15, -0.1) is 16.4 Å². The Morgan fingerprint density at radius 1 is 1.10 bits per heavy atom. The van der Waals surface area contributed by atoms with Gasteiger partial charge in [-0.25, -0.2) is 4.68 Å². The number of carbonyl (C=O) groups excluding carboxylic acids is 1. The molecule has 0 unspecified atom stereocenters. The van der Waals surface area contributed by atoms with Crippen molar-refractivity contribution in [1.82, 2.24) is 14.8 Å². The van der Waals surface area contributed by atoms with Gasteiger partial charge in [0.2, 0.25) is 5.95 Å². The summed E-state index contributed by atoms with van der Waals surface area (Å²) in [6.07, 6.45) is 0.797. The molecule has 0 spiro atoms. The smallest absolute Gasteiger partial charge is 0.268 e. The Hall–Kier alpha value is -3.65. The first-order valence-electron chi connectivity index (χ1n) is 9.98. The van der Waals surface area contributed by atoms with E-state index < -0.39 is 0 Å². The summed E-state index contributed by atoms with van der Waals surface area (Å²) in [6, 6.07) is 21.9. The predicted molar refractivity (Wildman–Crippen MR) is 121 cm³/mol. The first-order chi connectivity index (χ1) is 15.2. The summed E-state index contributed by atoms with van der Waals surface area (Å²) < 4.78 is 7.16. The third-order valence-corrected chi connectivity index (χ3v) is 6.23. The molecule has 1 aliphatic heterocycles. The topological polar surface area (TPSA) is 81.1 Å². The Morgan fingerprint density at radius 2 is 1.90 bits per heavy atom. The lowest BCUT2D eigenvalue weighted by molar-refractivity contribution is 0.102. The second kappa shape index (κ2) is 8.23. The highest BCUT2D eigenvalue weighted by Gasteiger charge is 2.31. The predicted octanol–water partition coefficient (Wildman–Crippen LogP) is 4.75. The van der Waals surface area contributed by atoms with E-state index in [-0.39, 0.29) is 23.9 Å². The van der Waals surface area contributed by atoms with Crippen LogP contribution in [0.1, 0.15) is 39.3 Å². The molecule has 3 heterocycles. The van der Waals surface area contributed by atoms with E-state index in [1.807, 2.05) is 58.6 Å². The van der Waals surface area contributed by atoms with Crippen LogP contribution in [-0.4, -0.2) is 27.8 Å². The molecule has 7 nitrogen and oxygen atoms in total. The molecule has 8 heteroatoms. The monoisotopic (exact) mass is 431 g/mol. The number of thiophene rings is 1. The van der Waals surface area contributed by atoms with Crippen molar-refractivity contribution in [2.75, 3.05) is 17.7 Å². The van der Waals surface area contributed by atoms with E-state index in [0.29, 0.717) is 10.8 Å². The van der Waals surface area contributed by atoms with Gasteiger partial charge >= 0.3 is 0 Å². The lowest BCUT2D eigenvalue weighted by Gasteiger charge is -2.31. The van der Waals surface area contributed by atoms with E-state index >= 15 is 0 Å². The minimum atomic E-state index is -0.210. The maximum absolute atomic E-state index is 12.5. The van der Waals surface area contributed by atoms with Crippen molar-refractivity contribution >= 4 is 29.1 Å². The number of aromatic nitrogens is 3. The van der Waals surface area contributed by atoms with Crippen LogP contribution in [0.15, 0.2) is 72.1 Å². The molecule has 2 aromatic heterocycles. The number of hydrogen-bond donors (Lipinski definition) is 2. The number of nitrogens with one attached hydrogen (secondary N) is 2. The zero-order chi connectivity index (χ0) is 21.2. The molecule has 1 aliphatic rings. The number of amides is 1. The lowest BCUT2D eigenvalue weighted by atomic mass is 9.93. The molecule has 0 fully saturated rings. The Morgan fingerprint density at radius 3 is 2.61 bits per heavy atom. The lowest BCUT2D eigenvalue weighted by Crippen LogP contribution is -2.28. The van der Waals surface area contributed by atoms with Crippen LogP contribution in [0.4, 0.5) is 11.9 Å². The summed E-state index contributed by atoms with van der Waals surface area (Å²) in [6.45, 7) is 0. The van der Waals surface area contributed by atoms with Crippen molar-refractivity contribution in [3.63, 3.8) is 0 Å². The number of rotatable bonds is 5. The number of fused-ring (bicyclic) bond motifs is 1. The van der Waals surface area contributed by atoms with Gasteiger partial charge in [0, 0.05) is 0 Å². The summed E-state index contributed by atoms with van der Waals surface area (Å²) in [5.41, 5.74) is 2.28. The standard InChI is InChI=1S/C23H21N5O2S/c1-30-17-11-9-16(10-12-17)19-14-18(15-6-3-2-4-7-15)24-23-26-22(27-28(19)23)25-21(29)20-8-5-13-31-20/h2-13,18-19H,14H2,1H3,(H2,24,25,26,27,29)/t18-,19-/m1/s1. The van der Waals surface area contributed by atoms with E-state index in [1.54, 1.807) is 13.2 Å². The molecule has 156 valence electrons. The zero-order valence-corrected chi connectivity index (χ0v) is 17.7. The van der Waals surface area contributed by atoms with Crippen LogP contribution in [0.3, 0.4) is 0 Å². The third-order valence-electron chi connectivity index (χ3n) is 5.36. The largest absolute Gasteiger partial charge is 0.497 e. The van der Waals surface area contributed by atoms with Crippen molar-refractivity contribution in [3.05, 3.63) is 88.1 Å². The second-order valence-corrected chi connectivity index (χ2v) is 8.21. The molecular formula is C23H21N5O2S. The first kappa shape index (κ1) is 19.3. The fourth-order valence-electron chi connectivity index (χ4n) is 3.81. The second-order valence-electron chi connectivity index (χ2n) is 7.27. The third kappa shape index (κ3) is 3.89. The minimum absolute atomic E-state index is 0.0350. The highest BCUT2D eigenvalue weighted by atomic mass is 32.1. The maximum Gasteiger partial charge on any atom is 0.268 e. The Kier molecular flexibility index (Phi) is 5.13. The van der Waals surface area contributed by atoms with Crippen LogP contribution in [0.5, 0.6) is 5.75 Å². The SMILES string of the molecule is COc1ccc([C@H]2C[C@H](c3ccccc3)Nc3nc(NC(=O)c4cccs4)nn32)cc1. The summed E-state index contributed by atoms with van der Waals surface area (Å²) >= 11 is 1.38. The van der Waals surface area contributed by atoms with Crippen molar-refractivity contribution in [2.24, 2.45) is 0 Å². The van der Waals surface area contributed by atoms with Crippen LogP contribution in [0.25, 0.3) is 0 Å². The number of benzene rings is 2. The molecule has 0 aliphatic carbocycles. The molecule has 1 amide bonds. The number of hydrogen-bond acceptors (Lipinski definition) is 6. The van der Waals surface area contributed by atoms with Gasteiger partial charge in [-0.05, 0) is 41.1 Å². The molecule has 0 bridgehead atoms. The first-order valence-corrected chi connectivity index (χ1v) is 10.9. The summed E-state index contributed by atoms with van der Waals surface area (Å²) in [7, 11) is 1.66. The van der Waals surface area contributed by atoms with Gasteiger partial charge in [0.05, 0.1) is 24.1 Å². The van der Waals surface area contributed by atoms with Crippen LogP contribution in [0.2, 0.25) is 0 Å². The van der Waals surface area contributed by atoms with Crippen LogP contribution in [0, 0.1) is 0 Å². The highest BCUT2D eigenvalue weighted by Crippen LogP contribution is 2.38. The number of anilines is 2. The van der Waals surface area contributed by atoms with E-state index in [0.717, 1.165) is 17.7 Å². The maximum atomic E-state index is 12.5. The normalized spacial score (nSPS) is 17.5. The molecule has 5 rings (SSSR count). The average Bonchev–Trinajstić information content (AvgIpc) is 3.49. The van der Waals surface area contributed by atoms with Gasteiger partial charge in [-0.2, -0.15) is 4.98 Å². The van der Waals surface area contributed by atoms with E-state index in [1.165, 1.54) is 16.9 Å². The molecule has 0 radical (unpaired) electrons. The highest BCUT2D eigenvalue weighted by molar-refractivity contribution is 7.12. The summed E-state index contributed by atoms with van der Waals surface area (Å²) in [4.78, 5) is 17.7. The van der Waals surface area contributed by atoms with E-state index in [9.17, 15) is 4.79 Å². The summed E-state index contributed by atoms with van der Waals surface area (Å²) in [5, 5.41) is 12.8. The van der Waals surface area contributed by atoms with Crippen LogP contribution in [-0.2, 0) is 0 Å². The quantitative estimate of drug-likeness (QED) is 0.477. The summed E-state index contributed by atoms with van der Waals surface area (Å²) in [5.74, 6) is 1.51. The zero-order valence-electron chi connectivity index (χ0n) is 16.9. The van der Waals surface area contributed by atoms with Crippen molar-refractivity contribution in [1.29, 1.82) is 0 Å². The van der Waals surface area contributed by atoms with Crippen molar-refractivity contribution < 1.29 is 9.53 Å². The van der Waals surface area contributed by atoms with Crippen molar-refractivity contribution in [3.8, 4) is 5.75 Å². The number of carbonyl (C=O) groups is 1. The average molecular weight is 432 g/mol. The van der Waals surface area contributed by atoms with Gasteiger partial charge in [-0.1, -0.05) is 48.5 Å². The number of nitrogens with zero attached hydrogens (tertiary/aromatic N) is 3. The van der Waals surface area contributed by atoms with Gasteiger partial charge in [0.15, 0.2) is 0 Å². The molecule has 2 N–H and O–H groups in total. The number of methoxy groups -OCH3 is 1. The molecule has 0 saturated carbocycles. The van der Waals surface area contributed by atoms with Crippen LogP contribution < -0.4 is 15.4 Å².